The summed E-state index contributed by atoms with van der Waals surface area (Å²) in [5, 5.41) is 10.6. The average molecular weight is 440 g/mol. The van der Waals surface area contributed by atoms with Crippen LogP contribution in [0.4, 0.5) is 11.4 Å². The van der Waals surface area contributed by atoms with Crippen molar-refractivity contribution in [2.24, 2.45) is 4.99 Å². The van der Waals surface area contributed by atoms with E-state index in [2.05, 4.69) is 43.4 Å². The molecular weight excluding hydrogens is 428 g/mol. The summed E-state index contributed by atoms with van der Waals surface area (Å²) in [6, 6.07) is 9.78. The number of ether oxygens (including phenoxy) is 1. The maximum atomic E-state index is 10.6. The smallest absolute Gasteiger partial charge is 0.269 e. The number of nitro groups is 1. The molecule has 0 aliphatic carbocycles. The van der Waals surface area contributed by atoms with Gasteiger partial charge in [0.05, 0.1) is 19.6 Å². The Bertz CT molecular complexity index is 735. The summed E-state index contributed by atoms with van der Waals surface area (Å²) in [6.45, 7) is 4.02. The summed E-state index contributed by atoms with van der Waals surface area (Å²) in [4.78, 5) is 14.5. The van der Waals surface area contributed by atoms with Gasteiger partial charge in [-0.05, 0) is 61.7 Å². The minimum Gasteiger partial charge on any atom is -0.487 e. The van der Waals surface area contributed by atoms with Gasteiger partial charge in [0, 0.05) is 18.3 Å². The van der Waals surface area contributed by atoms with Crippen molar-refractivity contribution in [1.82, 2.24) is 0 Å². The summed E-state index contributed by atoms with van der Waals surface area (Å²) < 4.78 is 7.13. The maximum Gasteiger partial charge on any atom is 0.269 e. The van der Waals surface area contributed by atoms with E-state index in [4.69, 9.17) is 4.74 Å². The van der Waals surface area contributed by atoms with Crippen molar-refractivity contribution < 1.29 is 9.66 Å². The molecule has 0 N–H and O–H groups in total. The number of nitrogens with zero attached hydrogens (tertiary/aromatic N) is 2. The van der Waals surface area contributed by atoms with Gasteiger partial charge < -0.3 is 4.74 Å². The molecule has 118 valence electrons. The SMILES string of the molecule is C=CCOc1c(Br)cc(C=Nc2ccc([N+](=O)[O-])cc2)cc1Br. The number of halogens is 2. The van der Waals surface area contributed by atoms with Gasteiger partial charge in [0.25, 0.3) is 5.69 Å². The third-order valence-electron chi connectivity index (χ3n) is 2.79. The van der Waals surface area contributed by atoms with Crippen LogP contribution in [0.1, 0.15) is 5.56 Å². The monoisotopic (exact) mass is 438 g/mol. The van der Waals surface area contributed by atoms with Gasteiger partial charge in [0.1, 0.15) is 12.4 Å². The van der Waals surface area contributed by atoms with Crippen molar-refractivity contribution in [2.75, 3.05) is 6.61 Å². The van der Waals surface area contributed by atoms with E-state index >= 15 is 0 Å². The van der Waals surface area contributed by atoms with Crippen LogP contribution in [0.25, 0.3) is 0 Å². The van der Waals surface area contributed by atoms with E-state index < -0.39 is 4.92 Å². The molecule has 0 saturated carbocycles. The lowest BCUT2D eigenvalue weighted by Crippen LogP contribution is -1.96. The van der Waals surface area contributed by atoms with Crippen LogP contribution in [-0.4, -0.2) is 17.7 Å². The first-order valence-electron chi connectivity index (χ1n) is 6.52. The van der Waals surface area contributed by atoms with Crippen LogP contribution in [0.3, 0.4) is 0 Å². The number of aliphatic imine (C=N–C) groups is 1. The zero-order valence-electron chi connectivity index (χ0n) is 11.9. The highest BCUT2D eigenvalue weighted by Crippen LogP contribution is 2.34. The quantitative estimate of drug-likeness (QED) is 0.260. The van der Waals surface area contributed by atoms with Crippen LogP contribution >= 0.6 is 31.9 Å². The molecular formula is C16H12Br2N2O3. The Morgan fingerprint density at radius 3 is 2.35 bits per heavy atom. The zero-order valence-corrected chi connectivity index (χ0v) is 15.1. The second-order valence-corrected chi connectivity index (χ2v) is 6.15. The van der Waals surface area contributed by atoms with Gasteiger partial charge in [0.2, 0.25) is 0 Å². The third kappa shape index (κ3) is 4.74. The molecule has 0 aromatic heterocycles. The molecule has 0 heterocycles. The molecule has 23 heavy (non-hydrogen) atoms. The maximum absolute atomic E-state index is 10.6. The molecule has 0 fully saturated rings. The molecule has 0 saturated heterocycles. The fraction of sp³-hybridized carbons (Fsp3) is 0.0625. The van der Waals surface area contributed by atoms with Gasteiger partial charge in [-0.2, -0.15) is 0 Å². The lowest BCUT2D eigenvalue weighted by atomic mass is 10.2. The first-order valence-corrected chi connectivity index (χ1v) is 8.11. The minimum absolute atomic E-state index is 0.0400. The van der Waals surface area contributed by atoms with Crippen molar-refractivity contribution in [3.8, 4) is 5.75 Å². The molecule has 0 spiro atoms. The van der Waals surface area contributed by atoms with Gasteiger partial charge in [-0.3, -0.25) is 15.1 Å². The zero-order chi connectivity index (χ0) is 16.8. The first-order chi connectivity index (χ1) is 11.0. The lowest BCUT2D eigenvalue weighted by Gasteiger charge is -2.09. The topological polar surface area (TPSA) is 64.7 Å². The molecule has 2 rings (SSSR count). The summed E-state index contributed by atoms with van der Waals surface area (Å²) >= 11 is 6.91. The van der Waals surface area contributed by atoms with E-state index in [0.717, 1.165) is 14.5 Å². The number of non-ortho nitro benzene ring substituents is 1. The Kier molecular flexibility index (Phi) is 6.06. The van der Waals surface area contributed by atoms with Gasteiger partial charge in [0.15, 0.2) is 0 Å². The van der Waals surface area contributed by atoms with Crippen molar-refractivity contribution in [2.45, 2.75) is 0 Å². The van der Waals surface area contributed by atoms with E-state index in [1.54, 1.807) is 24.4 Å². The van der Waals surface area contributed by atoms with Crippen molar-refractivity contribution in [1.29, 1.82) is 0 Å². The summed E-state index contributed by atoms with van der Waals surface area (Å²) in [5.74, 6) is 0.692. The third-order valence-corrected chi connectivity index (χ3v) is 3.97. The molecule has 0 aliphatic rings. The number of rotatable bonds is 6. The van der Waals surface area contributed by atoms with Crippen molar-refractivity contribution in [3.63, 3.8) is 0 Å². The van der Waals surface area contributed by atoms with E-state index in [1.807, 2.05) is 12.1 Å². The molecule has 0 unspecified atom stereocenters. The van der Waals surface area contributed by atoms with Crippen LogP contribution in [0, 0.1) is 10.1 Å². The molecule has 5 nitrogen and oxygen atoms in total. The van der Waals surface area contributed by atoms with E-state index in [1.165, 1.54) is 12.1 Å². The Balaban J connectivity index is 2.19. The van der Waals surface area contributed by atoms with Crippen LogP contribution in [0.15, 0.2) is 63.0 Å². The molecule has 0 aliphatic heterocycles. The molecule has 2 aromatic rings. The number of benzene rings is 2. The fourth-order valence-corrected chi connectivity index (χ4v) is 3.19. The number of hydrogen-bond donors (Lipinski definition) is 0. The standard InChI is InChI=1S/C16H12Br2N2O3/c1-2-7-23-16-14(17)8-11(9-15(16)18)10-19-12-3-5-13(6-4-12)20(21)22/h2-6,8-10H,1,7H2. The van der Waals surface area contributed by atoms with Crippen molar-refractivity contribution >= 4 is 49.4 Å². The number of hydrogen-bond acceptors (Lipinski definition) is 4. The second kappa shape index (κ2) is 8.03. The van der Waals surface area contributed by atoms with E-state index in [0.29, 0.717) is 18.0 Å². The minimum atomic E-state index is -0.441. The molecule has 0 bridgehead atoms. The highest BCUT2D eigenvalue weighted by molar-refractivity contribution is 9.11. The molecule has 0 amide bonds. The highest BCUT2D eigenvalue weighted by Gasteiger charge is 2.08. The van der Waals surface area contributed by atoms with E-state index in [9.17, 15) is 10.1 Å². The van der Waals surface area contributed by atoms with Gasteiger partial charge in [-0.1, -0.05) is 12.7 Å². The Morgan fingerprint density at radius 2 is 1.83 bits per heavy atom. The molecule has 7 heteroatoms. The Hall–Kier alpha value is -1.99. The number of nitro benzene ring substituents is 1. The Labute approximate surface area is 150 Å². The van der Waals surface area contributed by atoms with Crippen LogP contribution in [0.5, 0.6) is 5.75 Å². The fourth-order valence-electron chi connectivity index (χ4n) is 1.74. The van der Waals surface area contributed by atoms with Crippen LogP contribution in [-0.2, 0) is 0 Å². The van der Waals surface area contributed by atoms with Crippen molar-refractivity contribution in [3.05, 3.63) is 73.7 Å². The normalized spacial score (nSPS) is 10.7. The largest absolute Gasteiger partial charge is 0.487 e. The highest BCUT2D eigenvalue weighted by atomic mass is 79.9. The lowest BCUT2D eigenvalue weighted by molar-refractivity contribution is -0.384. The van der Waals surface area contributed by atoms with Gasteiger partial charge in [-0.25, -0.2) is 0 Å². The second-order valence-electron chi connectivity index (χ2n) is 4.45. The predicted molar refractivity (Wildman–Crippen MR) is 97.9 cm³/mol. The Morgan fingerprint density at radius 1 is 1.22 bits per heavy atom. The molecule has 0 radical (unpaired) electrons. The molecule has 0 atom stereocenters. The van der Waals surface area contributed by atoms with Gasteiger partial charge >= 0.3 is 0 Å². The average Bonchev–Trinajstić information content (AvgIpc) is 2.52. The van der Waals surface area contributed by atoms with Gasteiger partial charge in [-0.15, -0.1) is 0 Å². The van der Waals surface area contributed by atoms with Crippen LogP contribution in [0.2, 0.25) is 0 Å². The summed E-state index contributed by atoms with van der Waals surface area (Å²) in [6.07, 6.45) is 3.34. The summed E-state index contributed by atoms with van der Waals surface area (Å²) in [5.41, 5.74) is 1.53. The van der Waals surface area contributed by atoms with E-state index in [-0.39, 0.29) is 5.69 Å². The van der Waals surface area contributed by atoms with Crippen LogP contribution < -0.4 is 4.74 Å². The molecule has 2 aromatic carbocycles. The summed E-state index contributed by atoms with van der Waals surface area (Å²) in [7, 11) is 0. The predicted octanol–water partition coefficient (Wildman–Crippen LogP) is 5.44. The first kappa shape index (κ1) is 17.4.